The zero-order valence-corrected chi connectivity index (χ0v) is 45.3. The standard InChI is InChI=1S/3C10H20.6CHO.6CO.CH4.2CH3.Li.3Mo.H/c3*1-6-7(2)9(4)10(5)8(6)3;12*1-2;;;;;;;;/h3*6-10H,1-5H3;6*1H;;;;;;;1H4;2*1H3;;;;;/q;;;6*-1;;;;;;;;2*-1;+1;;2*+4;-1. The summed E-state index contributed by atoms with van der Waals surface area (Å²) in [4.78, 5) is 46.5. The van der Waals surface area contributed by atoms with Crippen LogP contribution < -0.4 is 18.9 Å². The Morgan fingerprint density at radius 2 is 0.279 bits per heavy atom. The minimum atomic E-state index is 0. The third-order valence-corrected chi connectivity index (χ3v) is 12.4. The van der Waals surface area contributed by atoms with Gasteiger partial charge in [-0.05, 0) is 88.8 Å². The predicted molar refractivity (Wildman–Crippen MR) is 222 cm³/mol. The minimum absolute atomic E-state index is 0. The molecule has 0 aromatic heterocycles. The van der Waals surface area contributed by atoms with Crippen LogP contribution in [0.3, 0.4) is 0 Å². The molecular weight excluding hydrogens is 1030 g/mol. The summed E-state index contributed by atoms with van der Waals surface area (Å²) in [6.45, 7) is 82.5. The van der Waals surface area contributed by atoms with Gasteiger partial charge in [0.1, 0.15) is 0 Å². The van der Waals surface area contributed by atoms with Gasteiger partial charge in [0.2, 0.25) is 0 Å². The molecule has 0 aromatic carbocycles. The van der Waals surface area contributed by atoms with Gasteiger partial charge in [0.05, 0.1) is 0 Å². The molecule has 0 N–H and O–H groups in total. The quantitative estimate of drug-likeness (QED) is 0.117. The molecule has 3 aliphatic carbocycles. The van der Waals surface area contributed by atoms with E-state index in [2.05, 4.69) is 184 Å². The van der Waals surface area contributed by atoms with Gasteiger partial charge >= 0.3 is 129 Å². The van der Waals surface area contributed by atoms with Gasteiger partial charge in [-0.15, -0.1) is 0 Å². The second-order valence-electron chi connectivity index (χ2n) is 12.9. The molecular formula is C45H77LiMo3O12. The van der Waals surface area contributed by atoms with Crippen LogP contribution in [-0.2, 0) is 120 Å². The average molecular weight is 1100 g/mol. The van der Waals surface area contributed by atoms with E-state index in [0.29, 0.717) is 0 Å². The van der Waals surface area contributed by atoms with E-state index < -0.39 is 0 Å². The minimum Gasteiger partial charge on any atom is -1.00 e. The first-order chi connectivity index (χ1) is 25.7. The van der Waals surface area contributed by atoms with E-state index in [1.807, 2.05) is 0 Å². The fourth-order valence-corrected chi connectivity index (χ4v) is 7.18. The van der Waals surface area contributed by atoms with E-state index in [0.717, 1.165) is 88.8 Å². The summed E-state index contributed by atoms with van der Waals surface area (Å²) in [5, 5.41) is 0. The van der Waals surface area contributed by atoms with Crippen molar-refractivity contribution in [3.05, 3.63) is 54.8 Å². The summed E-state index contributed by atoms with van der Waals surface area (Å²) >= 11 is 0. The molecule has 0 amide bonds. The van der Waals surface area contributed by atoms with Crippen molar-refractivity contribution in [2.24, 2.45) is 88.8 Å². The molecule has 0 spiro atoms. The smallest absolute Gasteiger partial charge is 1.00 e. The number of hydrogen-bond donors (Lipinski definition) is 0. The van der Waals surface area contributed by atoms with Crippen LogP contribution in [0.4, 0.5) is 0 Å². The Balaban J connectivity index is -0.0000000181. The van der Waals surface area contributed by atoms with Crippen LogP contribution in [0.25, 0.3) is 0 Å². The van der Waals surface area contributed by atoms with Gasteiger partial charge in [0, 0.05) is 21.1 Å². The Hall–Kier alpha value is -0.878. The van der Waals surface area contributed by atoms with Crippen LogP contribution in [0.15, 0.2) is 0 Å². The summed E-state index contributed by atoms with van der Waals surface area (Å²) in [6, 6.07) is 0. The molecule has 3 fully saturated rings. The third-order valence-electron chi connectivity index (χ3n) is 12.4. The van der Waals surface area contributed by atoms with Crippen molar-refractivity contribution in [2.75, 3.05) is 0 Å². The zero-order chi connectivity index (χ0) is 47.7. The Morgan fingerprint density at radius 3 is 0.295 bits per heavy atom. The van der Waals surface area contributed by atoms with Crippen molar-refractivity contribution in [2.45, 2.75) is 111 Å². The van der Waals surface area contributed by atoms with Crippen molar-refractivity contribution in [3.63, 3.8) is 0 Å². The Bertz CT molecular complexity index is 621. The van der Waals surface area contributed by atoms with E-state index in [1.54, 1.807) is 0 Å². The van der Waals surface area contributed by atoms with Crippen LogP contribution in [0.2, 0.25) is 0 Å². The summed E-state index contributed by atoms with van der Waals surface area (Å²) in [5.41, 5.74) is 0. The van der Waals surface area contributed by atoms with E-state index in [4.69, 9.17) is 56.7 Å². The molecule has 0 radical (unpaired) electrons. The topological polar surface area (TPSA) is 222 Å². The maximum absolute atomic E-state index is 7.75. The van der Waals surface area contributed by atoms with Crippen molar-refractivity contribution in [1.82, 2.24) is 0 Å². The zero-order valence-electron chi connectivity index (χ0n) is 40.2. The van der Waals surface area contributed by atoms with Crippen molar-refractivity contribution >= 4 is 40.7 Å². The van der Waals surface area contributed by atoms with E-state index >= 15 is 0 Å². The van der Waals surface area contributed by atoms with Gasteiger partial charge < -0.3 is 45.0 Å². The van der Waals surface area contributed by atoms with Crippen LogP contribution in [0.1, 0.15) is 113 Å². The molecule has 3 saturated carbocycles. The van der Waals surface area contributed by atoms with Gasteiger partial charge in [-0.3, -0.25) is 40.7 Å². The maximum Gasteiger partial charge on any atom is 4.00 e. The second kappa shape index (κ2) is 103. The van der Waals surface area contributed by atoms with Gasteiger partial charge in [0.15, 0.2) is 0 Å². The molecule has 0 aliphatic heterocycles. The SMILES string of the molecule is C.CC1C(C)C(C)C(C)C1C.CC1C(C)C(C)C(C)C1C.CC1C(C)C(C)C(C)C1C.[C-]#[O+].[C-]#[O+].[C-]#[O+].[C-]#[O+].[C-]#[O+].[C-]#[O+].[CH-]=O.[CH-]=O.[CH-]=O.[CH-]=O.[CH-]=O.[CH-]=O.[CH3-].[CH3-].[H-].[Li+].[Mo+4].[Mo+4].[Mo]. The molecule has 0 atom stereocenters. The number of hydrogen-bond acceptors (Lipinski definition) is 6. The molecule has 12 nitrogen and oxygen atoms in total. The molecule has 0 saturated heterocycles. The van der Waals surface area contributed by atoms with Crippen molar-refractivity contribution < 1.29 is 140 Å². The van der Waals surface area contributed by atoms with Crippen molar-refractivity contribution in [3.8, 4) is 0 Å². The Labute approximate surface area is 432 Å². The maximum atomic E-state index is 7.75. The van der Waals surface area contributed by atoms with Gasteiger partial charge in [0.25, 0.3) is 0 Å². The second-order valence-corrected chi connectivity index (χ2v) is 12.9. The summed E-state index contributed by atoms with van der Waals surface area (Å²) in [6.07, 6.45) is 0. The first-order valence-corrected chi connectivity index (χ1v) is 16.3. The molecule has 3 rings (SSSR count). The first kappa shape index (κ1) is 124. The number of carbonyl (C=O) groups excluding carboxylic acids is 6. The number of rotatable bonds is 0. The molecule has 16 heteroatoms. The average Bonchev–Trinajstić information content (AvgIpc) is 3.65. The fraction of sp³-hybridized carbons (Fsp3) is 0.689. The van der Waals surface area contributed by atoms with Crippen LogP contribution in [-0.4, -0.2) is 40.7 Å². The predicted octanol–water partition coefficient (Wildman–Crippen LogP) is 6.32. The molecule has 3 aliphatic rings. The van der Waals surface area contributed by atoms with Crippen LogP contribution in [0, 0.1) is 144 Å². The molecule has 61 heavy (non-hydrogen) atoms. The first-order valence-electron chi connectivity index (χ1n) is 16.3. The van der Waals surface area contributed by atoms with Gasteiger partial charge in [-0.25, -0.2) is 0 Å². The molecule has 348 valence electrons. The molecule has 0 heterocycles. The summed E-state index contributed by atoms with van der Waals surface area (Å²) in [5.74, 6) is 14.0. The normalized spacial score (nSPS) is 27.9. The Morgan fingerprint density at radius 1 is 0.262 bits per heavy atom. The summed E-state index contributed by atoms with van der Waals surface area (Å²) in [7, 11) is 0. The molecule has 0 unspecified atom stereocenters. The van der Waals surface area contributed by atoms with E-state index in [1.165, 1.54) is 0 Å². The van der Waals surface area contributed by atoms with Crippen LogP contribution in [0.5, 0.6) is 0 Å². The van der Waals surface area contributed by atoms with Gasteiger partial charge in [-0.1, -0.05) is 111 Å². The van der Waals surface area contributed by atoms with E-state index in [9.17, 15) is 0 Å². The van der Waals surface area contributed by atoms with Gasteiger partial charge in [-0.2, -0.15) is 0 Å². The van der Waals surface area contributed by atoms with E-state index in [-0.39, 0.29) is 106 Å². The third kappa shape index (κ3) is 55.2. The Kier molecular flexibility index (Phi) is 209. The van der Waals surface area contributed by atoms with Crippen LogP contribution >= 0.6 is 0 Å². The summed E-state index contributed by atoms with van der Waals surface area (Å²) < 4.78 is 45.0. The monoisotopic (exact) mass is 1110 g/mol. The fourth-order valence-electron chi connectivity index (χ4n) is 7.18. The van der Waals surface area contributed by atoms with Crippen molar-refractivity contribution in [1.29, 1.82) is 0 Å². The molecule has 0 aromatic rings. The molecule has 0 bridgehead atoms. The largest absolute Gasteiger partial charge is 4.00 e.